The van der Waals surface area contributed by atoms with Crippen molar-refractivity contribution in [3.8, 4) is 16.9 Å². The molecule has 3 aromatic rings. The van der Waals surface area contributed by atoms with Gasteiger partial charge in [-0.3, -0.25) is 4.79 Å². The van der Waals surface area contributed by atoms with Crippen molar-refractivity contribution in [3.63, 3.8) is 0 Å². The molecule has 0 radical (unpaired) electrons. The van der Waals surface area contributed by atoms with Crippen LogP contribution in [0, 0.1) is 23.3 Å². The number of aldehydes is 1. The summed E-state index contributed by atoms with van der Waals surface area (Å²) in [6, 6.07) is 5.80. The number of carbonyl (C=O) groups excluding carboxylic acids is 1. The highest BCUT2D eigenvalue weighted by Crippen LogP contribution is 2.33. The van der Waals surface area contributed by atoms with Crippen LogP contribution >= 0.6 is 15.9 Å². The van der Waals surface area contributed by atoms with E-state index in [0.29, 0.717) is 12.4 Å². The van der Waals surface area contributed by atoms with Gasteiger partial charge in [0.1, 0.15) is 33.6 Å². The fraction of sp³-hybridized carbons (Fsp3) is 0. The molecule has 2 aromatic carbocycles. The van der Waals surface area contributed by atoms with Crippen molar-refractivity contribution in [2.75, 3.05) is 0 Å². The molecule has 1 aromatic heterocycles. The zero-order chi connectivity index (χ0) is 17.4. The Hall–Kier alpha value is -2.48. The minimum Gasteiger partial charge on any atom is -0.298 e. The molecular formula is C16H7BrF4N2O. The number of carbonyl (C=O) groups is 1. The molecule has 0 fully saturated rings. The predicted octanol–water partition coefficient (Wildman–Crippen LogP) is 4.67. The van der Waals surface area contributed by atoms with Gasteiger partial charge in [0.25, 0.3) is 0 Å². The van der Waals surface area contributed by atoms with Crippen molar-refractivity contribution >= 4 is 22.2 Å². The molecule has 0 saturated heterocycles. The lowest BCUT2D eigenvalue weighted by Gasteiger charge is -2.04. The number of hydrogen-bond acceptors (Lipinski definition) is 2. The Morgan fingerprint density at radius 2 is 1.58 bits per heavy atom. The molecule has 8 heteroatoms. The maximum Gasteiger partial charge on any atom is 0.155 e. The van der Waals surface area contributed by atoms with Crippen LogP contribution in [-0.4, -0.2) is 16.1 Å². The number of hydrogen-bond donors (Lipinski definition) is 0. The molecular weight excluding hydrogens is 392 g/mol. The van der Waals surface area contributed by atoms with Crippen molar-refractivity contribution < 1.29 is 22.4 Å². The van der Waals surface area contributed by atoms with Gasteiger partial charge in [-0.1, -0.05) is 6.07 Å². The summed E-state index contributed by atoms with van der Waals surface area (Å²) in [6.07, 6.45) is 0.352. The van der Waals surface area contributed by atoms with Crippen LogP contribution in [0.5, 0.6) is 0 Å². The number of aromatic nitrogens is 2. The largest absolute Gasteiger partial charge is 0.298 e. The lowest BCUT2D eigenvalue weighted by molar-refractivity contribution is 0.112. The van der Waals surface area contributed by atoms with Crippen LogP contribution in [0.3, 0.4) is 0 Å². The second-order valence-corrected chi connectivity index (χ2v) is 5.56. The highest BCUT2D eigenvalue weighted by molar-refractivity contribution is 9.10. The quantitative estimate of drug-likeness (QED) is 0.474. The first-order valence-corrected chi connectivity index (χ1v) is 7.36. The summed E-state index contributed by atoms with van der Waals surface area (Å²) in [5.74, 6) is -3.56. The van der Waals surface area contributed by atoms with Gasteiger partial charge in [-0.05, 0) is 40.2 Å². The van der Waals surface area contributed by atoms with Gasteiger partial charge in [0.2, 0.25) is 0 Å². The topological polar surface area (TPSA) is 34.9 Å². The Balaban J connectivity index is 2.29. The maximum absolute atomic E-state index is 14.0. The summed E-state index contributed by atoms with van der Waals surface area (Å²) in [6.45, 7) is 0. The van der Waals surface area contributed by atoms with Crippen molar-refractivity contribution in [2.24, 2.45) is 0 Å². The van der Waals surface area contributed by atoms with E-state index in [2.05, 4.69) is 21.0 Å². The van der Waals surface area contributed by atoms with Gasteiger partial charge >= 0.3 is 0 Å². The summed E-state index contributed by atoms with van der Waals surface area (Å²) in [4.78, 5) is 11.3. The zero-order valence-corrected chi connectivity index (χ0v) is 13.3. The SMILES string of the molecule is O=Cc1c(-c2c(F)cccc2F)nn(-c2cc(F)cc(F)c2)c1Br. The first kappa shape index (κ1) is 16.4. The fourth-order valence-corrected chi connectivity index (χ4v) is 2.82. The van der Waals surface area contributed by atoms with Crippen LogP contribution < -0.4 is 0 Å². The first-order chi connectivity index (χ1) is 11.4. The normalized spacial score (nSPS) is 10.9. The molecule has 1 heterocycles. The van der Waals surface area contributed by atoms with Gasteiger partial charge in [0, 0.05) is 6.07 Å². The first-order valence-electron chi connectivity index (χ1n) is 6.57. The molecule has 0 amide bonds. The van der Waals surface area contributed by atoms with E-state index < -0.39 is 28.8 Å². The molecule has 0 aliphatic carbocycles. The minimum atomic E-state index is -0.916. The Morgan fingerprint density at radius 3 is 2.12 bits per heavy atom. The van der Waals surface area contributed by atoms with Gasteiger partial charge < -0.3 is 0 Å². The molecule has 0 saturated carbocycles. The number of benzene rings is 2. The maximum atomic E-state index is 14.0. The summed E-state index contributed by atoms with van der Waals surface area (Å²) >= 11 is 3.07. The lowest BCUT2D eigenvalue weighted by Crippen LogP contribution is -1.99. The fourth-order valence-electron chi connectivity index (χ4n) is 2.26. The number of rotatable bonds is 3. The van der Waals surface area contributed by atoms with Crippen molar-refractivity contribution in [3.05, 3.63) is 69.8 Å². The van der Waals surface area contributed by atoms with E-state index in [4.69, 9.17) is 0 Å². The number of nitrogens with zero attached hydrogens (tertiary/aromatic N) is 2. The Bertz CT molecular complexity index is 915. The van der Waals surface area contributed by atoms with E-state index in [1.54, 1.807) is 0 Å². The molecule has 0 aliphatic heterocycles. The predicted molar refractivity (Wildman–Crippen MR) is 81.9 cm³/mol. The molecule has 3 rings (SSSR count). The summed E-state index contributed by atoms with van der Waals surface area (Å²) in [5, 5.41) is 3.95. The Kier molecular flexibility index (Phi) is 4.23. The lowest BCUT2D eigenvalue weighted by atomic mass is 10.1. The summed E-state index contributed by atoms with van der Waals surface area (Å²) in [7, 11) is 0. The minimum absolute atomic E-state index is 0.0140. The average Bonchev–Trinajstić information content (AvgIpc) is 2.82. The second kappa shape index (κ2) is 6.20. The highest BCUT2D eigenvalue weighted by Gasteiger charge is 2.23. The van der Waals surface area contributed by atoms with Crippen LogP contribution in [-0.2, 0) is 0 Å². The molecule has 0 atom stereocenters. The summed E-state index contributed by atoms with van der Waals surface area (Å²) < 4.78 is 55.8. The van der Waals surface area contributed by atoms with Crippen LogP contribution in [0.1, 0.15) is 10.4 Å². The van der Waals surface area contributed by atoms with E-state index in [9.17, 15) is 22.4 Å². The third-order valence-corrected chi connectivity index (χ3v) is 4.04. The molecule has 0 bridgehead atoms. The Morgan fingerprint density at radius 1 is 1.00 bits per heavy atom. The number of halogens is 5. The molecule has 24 heavy (non-hydrogen) atoms. The second-order valence-electron chi connectivity index (χ2n) is 4.81. The standard InChI is InChI=1S/C16H7BrF4N2O/c17-16-11(7-24)15(14-12(20)2-1-3-13(14)21)22-23(16)10-5-8(18)4-9(19)6-10/h1-7H. The molecule has 122 valence electrons. The smallest absolute Gasteiger partial charge is 0.155 e. The Labute approximate surface area is 141 Å². The molecule has 0 unspecified atom stereocenters. The molecule has 0 spiro atoms. The third-order valence-electron chi connectivity index (χ3n) is 3.27. The van der Waals surface area contributed by atoms with Gasteiger partial charge in [-0.2, -0.15) is 5.10 Å². The zero-order valence-electron chi connectivity index (χ0n) is 11.7. The van der Waals surface area contributed by atoms with Gasteiger partial charge in [-0.25, -0.2) is 22.2 Å². The van der Waals surface area contributed by atoms with Crippen LogP contribution in [0.25, 0.3) is 16.9 Å². The van der Waals surface area contributed by atoms with Crippen molar-refractivity contribution in [2.45, 2.75) is 0 Å². The third kappa shape index (κ3) is 2.73. The van der Waals surface area contributed by atoms with Crippen LogP contribution in [0.15, 0.2) is 41.0 Å². The highest BCUT2D eigenvalue weighted by atomic mass is 79.9. The summed E-state index contributed by atoms with van der Waals surface area (Å²) in [5.41, 5.74) is -0.984. The van der Waals surface area contributed by atoms with E-state index in [0.717, 1.165) is 28.9 Å². The molecule has 0 N–H and O–H groups in total. The van der Waals surface area contributed by atoms with Gasteiger partial charge in [-0.15, -0.1) is 0 Å². The van der Waals surface area contributed by atoms with Crippen molar-refractivity contribution in [1.29, 1.82) is 0 Å². The molecule has 3 nitrogen and oxygen atoms in total. The van der Waals surface area contributed by atoms with Gasteiger partial charge in [0.15, 0.2) is 6.29 Å². The van der Waals surface area contributed by atoms with Gasteiger partial charge in [0.05, 0.1) is 16.8 Å². The molecule has 0 aliphatic rings. The van der Waals surface area contributed by atoms with E-state index in [1.807, 2.05) is 0 Å². The van der Waals surface area contributed by atoms with E-state index >= 15 is 0 Å². The average molecular weight is 399 g/mol. The van der Waals surface area contributed by atoms with Crippen LogP contribution in [0.4, 0.5) is 17.6 Å². The van der Waals surface area contributed by atoms with Crippen molar-refractivity contribution in [1.82, 2.24) is 9.78 Å². The van der Waals surface area contributed by atoms with E-state index in [-0.39, 0.29) is 21.5 Å². The monoisotopic (exact) mass is 398 g/mol. The van der Waals surface area contributed by atoms with Crippen LogP contribution in [0.2, 0.25) is 0 Å². The van der Waals surface area contributed by atoms with E-state index in [1.165, 1.54) is 6.07 Å².